The molecule has 0 heterocycles. The number of aliphatic carboxylic acids is 1. The van der Waals surface area contributed by atoms with Gasteiger partial charge in [-0.1, -0.05) is 13.0 Å². The van der Waals surface area contributed by atoms with Crippen LogP contribution >= 0.6 is 0 Å². The third-order valence-corrected chi connectivity index (χ3v) is 4.45. The van der Waals surface area contributed by atoms with Crippen LogP contribution in [0.25, 0.3) is 0 Å². The fourth-order valence-corrected chi connectivity index (χ4v) is 2.99. The molecule has 0 aromatic heterocycles. The lowest BCUT2D eigenvalue weighted by atomic mass is 9.85. The summed E-state index contributed by atoms with van der Waals surface area (Å²) in [5.41, 5.74) is 0.627. The van der Waals surface area contributed by atoms with E-state index >= 15 is 0 Å². The molecule has 2 rings (SSSR count). The van der Waals surface area contributed by atoms with Crippen molar-refractivity contribution in [2.75, 3.05) is 20.2 Å². The summed E-state index contributed by atoms with van der Waals surface area (Å²) in [6, 6.07) is 5.31. The van der Waals surface area contributed by atoms with Crippen LogP contribution in [0.1, 0.15) is 25.3 Å². The van der Waals surface area contributed by atoms with Gasteiger partial charge < -0.3 is 19.9 Å². The smallest absolute Gasteiger partial charge is 0.387 e. The highest BCUT2D eigenvalue weighted by Crippen LogP contribution is 2.29. The molecule has 0 saturated heterocycles. The first-order valence-electron chi connectivity index (χ1n) is 8.23. The van der Waals surface area contributed by atoms with E-state index in [0.29, 0.717) is 24.4 Å². The second kappa shape index (κ2) is 8.96. The second-order valence-corrected chi connectivity index (χ2v) is 6.01. The van der Waals surface area contributed by atoms with Gasteiger partial charge in [-0.05, 0) is 25.5 Å². The maximum Gasteiger partial charge on any atom is 0.387 e. The highest BCUT2D eigenvalue weighted by atomic mass is 19.3. The molecule has 0 bridgehead atoms. The van der Waals surface area contributed by atoms with E-state index in [1.54, 1.807) is 12.1 Å². The lowest BCUT2D eigenvalue weighted by Crippen LogP contribution is -2.53. The zero-order valence-corrected chi connectivity index (χ0v) is 14.4. The average molecular weight is 358 g/mol. The summed E-state index contributed by atoms with van der Waals surface area (Å²) in [5, 5.41) is 12.2. The average Bonchev–Trinajstić information content (AvgIpc) is 2.52. The number of carboxylic acids is 1. The number of likely N-dealkylation sites (N-methyl/N-ethyl adjacent to an activating group) is 1. The molecule has 0 aliphatic heterocycles. The Morgan fingerprint density at radius 2 is 2.16 bits per heavy atom. The standard InChI is InChI=1S/C17H24F2N2O4/c1-3-21(10-16(22)23)13-6-12(7-13)20-9-11-4-5-14(24-2)8-15(11)25-17(18)19/h4-5,8,12-13,17,20H,3,6-7,9-10H2,1-2H3,(H,22,23). The van der Waals surface area contributed by atoms with E-state index in [1.807, 2.05) is 11.8 Å². The van der Waals surface area contributed by atoms with Gasteiger partial charge in [-0.3, -0.25) is 9.69 Å². The Morgan fingerprint density at radius 3 is 2.72 bits per heavy atom. The molecule has 0 atom stereocenters. The van der Waals surface area contributed by atoms with Crippen LogP contribution in [0.5, 0.6) is 11.5 Å². The zero-order chi connectivity index (χ0) is 18.4. The topological polar surface area (TPSA) is 71.0 Å². The fourth-order valence-electron chi connectivity index (χ4n) is 2.99. The number of nitrogens with zero attached hydrogens (tertiary/aromatic N) is 1. The summed E-state index contributed by atoms with van der Waals surface area (Å²) in [6.45, 7) is 0.171. The van der Waals surface area contributed by atoms with Gasteiger partial charge in [-0.15, -0.1) is 0 Å². The summed E-state index contributed by atoms with van der Waals surface area (Å²) >= 11 is 0. The van der Waals surface area contributed by atoms with Crippen molar-refractivity contribution in [3.05, 3.63) is 23.8 Å². The largest absolute Gasteiger partial charge is 0.497 e. The van der Waals surface area contributed by atoms with Gasteiger partial charge in [0.1, 0.15) is 11.5 Å². The van der Waals surface area contributed by atoms with Crippen molar-refractivity contribution in [1.82, 2.24) is 10.2 Å². The molecule has 1 fully saturated rings. The van der Waals surface area contributed by atoms with Crippen molar-refractivity contribution in [3.63, 3.8) is 0 Å². The molecular formula is C17H24F2N2O4. The Morgan fingerprint density at radius 1 is 1.44 bits per heavy atom. The Bertz CT molecular complexity index is 580. The molecule has 1 aromatic rings. The van der Waals surface area contributed by atoms with Gasteiger partial charge in [-0.25, -0.2) is 0 Å². The normalized spacial score (nSPS) is 19.8. The quantitative estimate of drug-likeness (QED) is 0.669. The third kappa shape index (κ3) is 5.54. The van der Waals surface area contributed by atoms with Crippen molar-refractivity contribution in [2.24, 2.45) is 0 Å². The number of hydrogen-bond donors (Lipinski definition) is 2. The van der Waals surface area contributed by atoms with Crippen LogP contribution in [-0.4, -0.2) is 54.9 Å². The van der Waals surface area contributed by atoms with E-state index in [4.69, 9.17) is 9.84 Å². The number of methoxy groups -OCH3 is 1. The highest BCUT2D eigenvalue weighted by Gasteiger charge is 2.33. The maximum atomic E-state index is 12.6. The first-order valence-corrected chi connectivity index (χ1v) is 8.23. The molecule has 0 unspecified atom stereocenters. The molecule has 0 spiro atoms. The predicted octanol–water partition coefficient (Wildman–Crippen LogP) is 2.32. The molecule has 1 aliphatic carbocycles. The number of nitrogens with one attached hydrogen (secondary N) is 1. The van der Waals surface area contributed by atoms with Gasteiger partial charge in [-0.2, -0.15) is 8.78 Å². The number of rotatable bonds is 10. The van der Waals surface area contributed by atoms with E-state index < -0.39 is 12.6 Å². The molecule has 25 heavy (non-hydrogen) atoms. The SMILES string of the molecule is CCN(CC(=O)O)C1CC(NCc2ccc(OC)cc2OC(F)F)C1. The Labute approximate surface area is 145 Å². The molecule has 0 radical (unpaired) electrons. The van der Waals surface area contributed by atoms with E-state index in [9.17, 15) is 13.6 Å². The predicted molar refractivity (Wildman–Crippen MR) is 88.2 cm³/mol. The Balaban J connectivity index is 1.87. The summed E-state index contributed by atoms with van der Waals surface area (Å²) in [6.07, 6.45) is 1.67. The molecule has 2 N–H and O–H groups in total. The van der Waals surface area contributed by atoms with Crippen LogP contribution in [0, 0.1) is 0 Å². The van der Waals surface area contributed by atoms with Gasteiger partial charge >= 0.3 is 12.6 Å². The van der Waals surface area contributed by atoms with Crippen LogP contribution in [-0.2, 0) is 11.3 Å². The number of alkyl halides is 2. The second-order valence-electron chi connectivity index (χ2n) is 6.01. The van der Waals surface area contributed by atoms with Gasteiger partial charge in [0.25, 0.3) is 0 Å². The Hall–Kier alpha value is -1.93. The fraction of sp³-hybridized carbons (Fsp3) is 0.588. The molecule has 140 valence electrons. The van der Waals surface area contributed by atoms with Gasteiger partial charge in [0, 0.05) is 30.3 Å². The third-order valence-electron chi connectivity index (χ3n) is 4.45. The van der Waals surface area contributed by atoms with Crippen molar-refractivity contribution < 1.29 is 28.2 Å². The highest BCUT2D eigenvalue weighted by molar-refractivity contribution is 5.69. The lowest BCUT2D eigenvalue weighted by molar-refractivity contribution is -0.139. The first kappa shape index (κ1) is 19.4. The van der Waals surface area contributed by atoms with E-state index in [0.717, 1.165) is 12.8 Å². The summed E-state index contributed by atoms with van der Waals surface area (Å²) in [7, 11) is 1.46. The summed E-state index contributed by atoms with van der Waals surface area (Å²) in [4.78, 5) is 12.8. The number of benzene rings is 1. The number of ether oxygens (including phenoxy) is 2. The summed E-state index contributed by atoms with van der Waals surface area (Å²) < 4.78 is 34.7. The van der Waals surface area contributed by atoms with E-state index in [-0.39, 0.29) is 24.4 Å². The minimum absolute atomic E-state index is 0.0404. The number of carbonyl (C=O) groups is 1. The van der Waals surface area contributed by atoms with Crippen molar-refractivity contribution in [3.8, 4) is 11.5 Å². The minimum atomic E-state index is -2.90. The molecule has 1 aliphatic rings. The molecule has 6 nitrogen and oxygen atoms in total. The van der Waals surface area contributed by atoms with Crippen LogP contribution in [0.4, 0.5) is 8.78 Å². The maximum absolute atomic E-state index is 12.6. The molecular weight excluding hydrogens is 334 g/mol. The van der Waals surface area contributed by atoms with Crippen molar-refractivity contribution in [1.29, 1.82) is 0 Å². The van der Waals surface area contributed by atoms with E-state index in [1.165, 1.54) is 13.2 Å². The van der Waals surface area contributed by atoms with Gasteiger partial charge in [0.05, 0.1) is 13.7 Å². The van der Waals surface area contributed by atoms with Crippen molar-refractivity contribution >= 4 is 5.97 Å². The number of halogens is 2. The van der Waals surface area contributed by atoms with Crippen LogP contribution in [0.15, 0.2) is 18.2 Å². The molecule has 1 saturated carbocycles. The van der Waals surface area contributed by atoms with Gasteiger partial charge in [0.2, 0.25) is 0 Å². The minimum Gasteiger partial charge on any atom is -0.497 e. The first-order chi connectivity index (χ1) is 11.9. The number of hydrogen-bond acceptors (Lipinski definition) is 5. The van der Waals surface area contributed by atoms with Crippen LogP contribution in [0.3, 0.4) is 0 Å². The molecule has 1 aromatic carbocycles. The van der Waals surface area contributed by atoms with Gasteiger partial charge in [0.15, 0.2) is 0 Å². The molecule has 0 amide bonds. The zero-order valence-electron chi connectivity index (χ0n) is 14.4. The monoisotopic (exact) mass is 358 g/mol. The number of carboxylic acid groups (broad SMARTS) is 1. The lowest BCUT2D eigenvalue weighted by Gasteiger charge is -2.42. The summed E-state index contributed by atoms with van der Waals surface area (Å²) in [5.74, 6) is -0.278. The van der Waals surface area contributed by atoms with Crippen LogP contribution < -0.4 is 14.8 Å². The van der Waals surface area contributed by atoms with E-state index in [2.05, 4.69) is 10.1 Å². The van der Waals surface area contributed by atoms with Crippen LogP contribution in [0.2, 0.25) is 0 Å². The Kier molecular flexibility index (Phi) is 6.95. The van der Waals surface area contributed by atoms with Crippen molar-refractivity contribution in [2.45, 2.75) is 45.0 Å². The molecule has 8 heteroatoms.